The Morgan fingerprint density at radius 1 is 1.30 bits per heavy atom. The van der Waals surface area contributed by atoms with Gasteiger partial charge in [0.2, 0.25) is 0 Å². The first-order chi connectivity index (χ1) is 13.1. The maximum atomic E-state index is 12.8. The van der Waals surface area contributed by atoms with Crippen molar-refractivity contribution in [1.29, 1.82) is 0 Å². The molecule has 0 saturated heterocycles. The lowest BCUT2D eigenvalue weighted by atomic mass is 10.1. The summed E-state index contributed by atoms with van der Waals surface area (Å²) in [6.45, 7) is 3.62. The summed E-state index contributed by atoms with van der Waals surface area (Å²) in [7, 11) is 1.73. The Morgan fingerprint density at radius 3 is 3.00 bits per heavy atom. The average Bonchev–Trinajstić information content (AvgIpc) is 3.27. The molecule has 1 aliphatic heterocycles. The number of aromatic amines is 1. The van der Waals surface area contributed by atoms with Crippen molar-refractivity contribution in [2.45, 2.75) is 19.5 Å². The highest BCUT2D eigenvalue weighted by molar-refractivity contribution is 6.32. The Hall–Kier alpha value is -2.41. The smallest absolute Gasteiger partial charge is 0.256 e. The highest BCUT2D eigenvalue weighted by atomic mass is 35.5. The number of carbonyl (C=O) groups is 1. The van der Waals surface area contributed by atoms with Gasteiger partial charge in [0, 0.05) is 49.4 Å². The molecule has 0 fully saturated rings. The molecule has 0 saturated carbocycles. The lowest BCUT2D eigenvalue weighted by Gasteiger charge is -2.13. The van der Waals surface area contributed by atoms with E-state index in [-0.39, 0.29) is 5.91 Å². The molecule has 0 aliphatic carbocycles. The van der Waals surface area contributed by atoms with Gasteiger partial charge in [-0.15, -0.1) is 0 Å². The van der Waals surface area contributed by atoms with Crippen molar-refractivity contribution >= 4 is 34.1 Å². The van der Waals surface area contributed by atoms with Crippen LogP contribution in [0.2, 0.25) is 5.02 Å². The van der Waals surface area contributed by atoms with Crippen molar-refractivity contribution in [2.24, 2.45) is 0 Å². The summed E-state index contributed by atoms with van der Waals surface area (Å²) in [5.74, 6) is -0.196. The van der Waals surface area contributed by atoms with Gasteiger partial charge in [-0.25, -0.2) is 0 Å². The zero-order chi connectivity index (χ0) is 18.8. The highest BCUT2D eigenvalue weighted by Gasteiger charge is 2.19. The highest BCUT2D eigenvalue weighted by Crippen LogP contribution is 2.27. The molecule has 1 aromatic heterocycles. The lowest BCUT2D eigenvalue weighted by molar-refractivity contribution is 0.102. The van der Waals surface area contributed by atoms with Gasteiger partial charge in [-0.2, -0.15) is 5.10 Å². The minimum absolute atomic E-state index is 0.196. The van der Waals surface area contributed by atoms with Crippen molar-refractivity contribution in [3.63, 3.8) is 0 Å². The monoisotopic (exact) mass is 384 g/mol. The number of amides is 1. The van der Waals surface area contributed by atoms with Crippen LogP contribution in [0.15, 0.2) is 36.5 Å². The van der Waals surface area contributed by atoms with Crippen LogP contribution in [0.3, 0.4) is 0 Å². The zero-order valence-corrected chi connectivity index (χ0v) is 15.8. The largest absolute Gasteiger partial charge is 0.385 e. The van der Waals surface area contributed by atoms with Gasteiger partial charge < -0.3 is 10.1 Å². The predicted molar refractivity (Wildman–Crippen MR) is 106 cm³/mol. The summed E-state index contributed by atoms with van der Waals surface area (Å²) >= 11 is 6.13. The van der Waals surface area contributed by atoms with E-state index in [0.29, 0.717) is 10.6 Å². The first-order valence-electron chi connectivity index (χ1n) is 8.91. The normalized spacial score (nSPS) is 13.9. The molecule has 2 N–H and O–H groups in total. The number of fused-ring (bicyclic) bond motifs is 2. The molecule has 4 rings (SSSR count). The number of hydrogen-bond donors (Lipinski definition) is 2. The molecule has 0 bridgehead atoms. The van der Waals surface area contributed by atoms with E-state index in [4.69, 9.17) is 16.3 Å². The van der Waals surface area contributed by atoms with Gasteiger partial charge >= 0.3 is 0 Å². The van der Waals surface area contributed by atoms with E-state index in [9.17, 15) is 4.79 Å². The topological polar surface area (TPSA) is 70.2 Å². The van der Waals surface area contributed by atoms with E-state index in [2.05, 4.69) is 32.5 Å². The zero-order valence-electron chi connectivity index (χ0n) is 15.1. The van der Waals surface area contributed by atoms with E-state index in [0.717, 1.165) is 49.3 Å². The third-order valence-electron chi connectivity index (χ3n) is 4.84. The Morgan fingerprint density at radius 2 is 2.15 bits per heavy atom. The Labute approximate surface area is 162 Å². The van der Waals surface area contributed by atoms with Gasteiger partial charge in [0.1, 0.15) is 0 Å². The molecular formula is C20H21ClN4O2. The summed E-state index contributed by atoms with van der Waals surface area (Å²) in [5, 5.41) is 11.1. The van der Waals surface area contributed by atoms with Crippen molar-refractivity contribution in [3.05, 3.63) is 58.2 Å². The number of aromatic nitrogens is 2. The molecule has 2 aromatic carbocycles. The molecule has 140 valence electrons. The number of H-pyrrole nitrogens is 1. The van der Waals surface area contributed by atoms with Gasteiger partial charge in [-0.3, -0.25) is 14.8 Å². The predicted octanol–water partition coefficient (Wildman–Crippen LogP) is 3.82. The molecule has 1 amide bonds. The van der Waals surface area contributed by atoms with Crippen LogP contribution in [0.25, 0.3) is 10.9 Å². The van der Waals surface area contributed by atoms with E-state index in [1.165, 1.54) is 11.1 Å². The number of methoxy groups -OCH3 is 1. The summed E-state index contributed by atoms with van der Waals surface area (Å²) in [4.78, 5) is 15.2. The maximum absolute atomic E-state index is 12.8. The van der Waals surface area contributed by atoms with E-state index in [1.807, 2.05) is 6.07 Å². The second kappa shape index (κ2) is 7.68. The van der Waals surface area contributed by atoms with Crippen molar-refractivity contribution in [2.75, 3.05) is 25.6 Å². The molecule has 7 heteroatoms. The molecular weight excluding hydrogens is 364 g/mol. The van der Waals surface area contributed by atoms with Crippen LogP contribution in [0, 0.1) is 0 Å². The molecule has 0 atom stereocenters. The van der Waals surface area contributed by atoms with E-state index >= 15 is 0 Å². The van der Waals surface area contributed by atoms with Crippen LogP contribution in [-0.2, 0) is 17.8 Å². The fraction of sp³-hybridized carbons (Fsp3) is 0.300. The van der Waals surface area contributed by atoms with Crippen LogP contribution in [0.4, 0.5) is 5.69 Å². The van der Waals surface area contributed by atoms with Gasteiger partial charge in [0.05, 0.1) is 17.3 Å². The molecule has 0 unspecified atom stereocenters. The number of halogens is 1. The van der Waals surface area contributed by atoms with Crippen molar-refractivity contribution in [3.8, 4) is 0 Å². The number of rotatable bonds is 6. The van der Waals surface area contributed by atoms with E-state index < -0.39 is 0 Å². The molecule has 6 nitrogen and oxygen atoms in total. The molecule has 0 radical (unpaired) electrons. The number of benzene rings is 2. The second-order valence-electron chi connectivity index (χ2n) is 6.78. The van der Waals surface area contributed by atoms with Crippen LogP contribution >= 0.6 is 11.6 Å². The van der Waals surface area contributed by atoms with Crippen LogP contribution < -0.4 is 5.32 Å². The second-order valence-corrected chi connectivity index (χ2v) is 7.22. The van der Waals surface area contributed by atoms with E-state index in [1.54, 1.807) is 25.4 Å². The molecule has 2 heterocycles. The van der Waals surface area contributed by atoms with Gasteiger partial charge in [0.25, 0.3) is 5.91 Å². The Bertz CT molecular complexity index is 985. The minimum atomic E-state index is -0.196. The molecule has 0 spiro atoms. The summed E-state index contributed by atoms with van der Waals surface area (Å²) in [5.41, 5.74) is 4.60. The molecule has 27 heavy (non-hydrogen) atoms. The minimum Gasteiger partial charge on any atom is -0.385 e. The van der Waals surface area contributed by atoms with Crippen LogP contribution in [0.5, 0.6) is 0 Å². The molecule has 3 aromatic rings. The third kappa shape index (κ3) is 3.83. The standard InChI is InChI=1S/C20H21ClN4O2/c1-27-6-2-5-25-11-13-3-4-16(7-14(13)12-25)23-20(26)17-8-15(21)9-19-18(17)10-22-24-19/h3-4,7-10H,2,5-6,11-12H2,1H3,(H,22,24)(H,23,26). The van der Waals surface area contributed by atoms with Gasteiger partial charge in [0.15, 0.2) is 0 Å². The van der Waals surface area contributed by atoms with Crippen LogP contribution in [0.1, 0.15) is 27.9 Å². The number of ether oxygens (including phenoxy) is 1. The fourth-order valence-corrected chi connectivity index (χ4v) is 3.75. The third-order valence-corrected chi connectivity index (χ3v) is 5.06. The average molecular weight is 385 g/mol. The van der Waals surface area contributed by atoms with Gasteiger partial charge in [-0.05, 0) is 41.8 Å². The number of carbonyl (C=O) groups excluding carboxylic acids is 1. The number of nitrogens with zero attached hydrogens (tertiary/aromatic N) is 2. The quantitative estimate of drug-likeness (QED) is 0.634. The van der Waals surface area contributed by atoms with Gasteiger partial charge in [-0.1, -0.05) is 17.7 Å². The summed E-state index contributed by atoms with van der Waals surface area (Å²) in [6.07, 6.45) is 2.66. The number of nitrogens with one attached hydrogen (secondary N) is 2. The van der Waals surface area contributed by atoms with Crippen LogP contribution in [-0.4, -0.2) is 41.3 Å². The SMILES string of the molecule is COCCCN1Cc2ccc(NC(=O)c3cc(Cl)cc4[nH]ncc34)cc2C1. The maximum Gasteiger partial charge on any atom is 0.256 e. The number of anilines is 1. The number of hydrogen-bond acceptors (Lipinski definition) is 4. The molecule has 1 aliphatic rings. The fourth-order valence-electron chi connectivity index (χ4n) is 3.54. The summed E-state index contributed by atoms with van der Waals surface area (Å²) in [6, 6.07) is 9.52. The Kier molecular flexibility index (Phi) is 5.11. The van der Waals surface area contributed by atoms with Crippen molar-refractivity contribution < 1.29 is 9.53 Å². The summed E-state index contributed by atoms with van der Waals surface area (Å²) < 4.78 is 5.13. The van der Waals surface area contributed by atoms with Crippen molar-refractivity contribution in [1.82, 2.24) is 15.1 Å². The Balaban J connectivity index is 1.49. The first-order valence-corrected chi connectivity index (χ1v) is 9.29. The first kappa shape index (κ1) is 18.0. The lowest BCUT2D eigenvalue weighted by Crippen LogP contribution is -2.18.